The van der Waals surface area contributed by atoms with Crippen LogP contribution in [0.4, 0.5) is 17.6 Å². The first-order valence-corrected chi connectivity index (χ1v) is 6.87. The average molecular weight is 331 g/mol. The maximum absolute atomic E-state index is 13.7. The van der Waals surface area contributed by atoms with Crippen LogP contribution in [0.15, 0.2) is 17.1 Å². The normalized spacial score (nSPS) is 21.3. The van der Waals surface area contributed by atoms with Gasteiger partial charge in [-0.25, -0.2) is 17.6 Å². The fourth-order valence-electron chi connectivity index (χ4n) is 1.85. The van der Waals surface area contributed by atoms with Gasteiger partial charge in [0.2, 0.25) is 0 Å². The minimum absolute atomic E-state index is 0.0497. The Hall–Kier alpha value is -2.25. The number of nitrogens with zero attached hydrogens (tertiary/aromatic N) is 1. The number of Topliss-reactive ketones (excluding diaryl/α,β-unsaturated/α-hetero) is 1. The third-order valence-corrected chi connectivity index (χ3v) is 3.21. The van der Waals surface area contributed by atoms with E-state index in [2.05, 4.69) is 9.73 Å². The zero-order valence-corrected chi connectivity index (χ0v) is 12.1. The summed E-state index contributed by atoms with van der Waals surface area (Å²) in [5.74, 6) is -8.02. The number of aliphatic imine (C=N–C) groups is 1. The topological polar surface area (TPSA) is 55.7 Å². The molecule has 124 valence electrons. The molecule has 0 N–H and O–H groups in total. The molecule has 3 atom stereocenters. The standard InChI is InChI=1S/C15H13F4NO3/c1-2-23-15(22)8(6-20-13-5-12(13)19)14(21)7-3-10(17)11(18)4-9(7)16/h3-4,6,8,12-13H,2,5H2,1H3. The summed E-state index contributed by atoms with van der Waals surface area (Å²) in [4.78, 5) is 27.8. The monoisotopic (exact) mass is 331 g/mol. The van der Waals surface area contributed by atoms with Gasteiger partial charge < -0.3 is 4.74 Å². The zero-order chi connectivity index (χ0) is 17.1. The summed E-state index contributed by atoms with van der Waals surface area (Å²) in [6.45, 7) is 1.44. The molecule has 1 saturated carbocycles. The molecule has 0 amide bonds. The van der Waals surface area contributed by atoms with Gasteiger partial charge in [-0.15, -0.1) is 0 Å². The molecule has 8 heteroatoms. The van der Waals surface area contributed by atoms with Crippen LogP contribution >= 0.6 is 0 Å². The summed E-state index contributed by atoms with van der Waals surface area (Å²) in [7, 11) is 0. The van der Waals surface area contributed by atoms with Crippen LogP contribution in [0.1, 0.15) is 23.7 Å². The maximum atomic E-state index is 13.7. The van der Waals surface area contributed by atoms with E-state index in [1.54, 1.807) is 0 Å². The summed E-state index contributed by atoms with van der Waals surface area (Å²) in [6.07, 6.45) is -0.116. The van der Waals surface area contributed by atoms with Crippen molar-refractivity contribution in [1.82, 2.24) is 0 Å². The van der Waals surface area contributed by atoms with E-state index in [0.717, 1.165) is 6.21 Å². The van der Waals surface area contributed by atoms with E-state index in [9.17, 15) is 27.2 Å². The van der Waals surface area contributed by atoms with Crippen molar-refractivity contribution in [2.75, 3.05) is 6.61 Å². The SMILES string of the molecule is CCOC(=O)C(C=NC1CC1F)C(=O)c1cc(F)c(F)cc1F. The number of ketones is 1. The second-order valence-corrected chi connectivity index (χ2v) is 4.96. The van der Waals surface area contributed by atoms with Crippen LogP contribution in [-0.4, -0.2) is 36.8 Å². The van der Waals surface area contributed by atoms with E-state index >= 15 is 0 Å². The highest BCUT2D eigenvalue weighted by molar-refractivity contribution is 6.18. The van der Waals surface area contributed by atoms with E-state index in [-0.39, 0.29) is 19.1 Å². The highest BCUT2D eigenvalue weighted by Crippen LogP contribution is 2.29. The molecule has 0 radical (unpaired) electrons. The third-order valence-electron chi connectivity index (χ3n) is 3.21. The molecule has 1 aliphatic carbocycles. The van der Waals surface area contributed by atoms with Crippen LogP contribution in [0.5, 0.6) is 0 Å². The molecule has 0 bridgehead atoms. The van der Waals surface area contributed by atoms with Crippen molar-refractivity contribution >= 4 is 18.0 Å². The molecule has 1 aliphatic rings. The number of carbonyl (C=O) groups excluding carboxylic acids is 2. The van der Waals surface area contributed by atoms with Crippen LogP contribution in [0, 0.1) is 23.4 Å². The Morgan fingerprint density at radius 1 is 1.30 bits per heavy atom. The number of hydrogen-bond donors (Lipinski definition) is 0. The fourth-order valence-corrected chi connectivity index (χ4v) is 1.85. The van der Waals surface area contributed by atoms with Crippen molar-refractivity contribution in [3.05, 3.63) is 35.1 Å². The van der Waals surface area contributed by atoms with E-state index < -0.39 is 52.9 Å². The van der Waals surface area contributed by atoms with Gasteiger partial charge in [-0.3, -0.25) is 14.6 Å². The number of esters is 1. The highest BCUT2D eigenvalue weighted by Gasteiger charge is 2.38. The molecule has 0 aliphatic heterocycles. The summed E-state index contributed by atoms with van der Waals surface area (Å²) in [6, 6.07) is -0.0859. The van der Waals surface area contributed by atoms with E-state index in [4.69, 9.17) is 0 Å². The lowest BCUT2D eigenvalue weighted by Crippen LogP contribution is -2.29. The van der Waals surface area contributed by atoms with E-state index in [1.807, 2.05) is 0 Å². The lowest BCUT2D eigenvalue weighted by molar-refractivity contribution is -0.143. The Balaban J connectivity index is 2.30. The van der Waals surface area contributed by atoms with Crippen LogP contribution in [0.25, 0.3) is 0 Å². The maximum Gasteiger partial charge on any atom is 0.322 e. The predicted octanol–water partition coefficient (Wildman–Crippen LogP) is 2.65. The number of rotatable bonds is 6. The van der Waals surface area contributed by atoms with Crippen molar-refractivity contribution in [2.24, 2.45) is 10.9 Å². The van der Waals surface area contributed by atoms with Gasteiger partial charge in [0, 0.05) is 18.7 Å². The van der Waals surface area contributed by atoms with Crippen molar-refractivity contribution in [3.8, 4) is 0 Å². The Labute approximate surface area is 129 Å². The molecule has 1 aromatic carbocycles. The van der Waals surface area contributed by atoms with Gasteiger partial charge in [-0.1, -0.05) is 0 Å². The van der Waals surface area contributed by atoms with Gasteiger partial charge in [0.15, 0.2) is 23.3 Å². The van der Waals surface area contributed by atoms with Gasteiger partial charge in [0.25, 0.3) is 0 Å². The van der Waals surface area contributed by atoms with Crippen LogP contribution in [0.2, 0.25) is 0 Å². The summed E-state index contributed by atoms with van der Waals surface area (Å²) in [5.41, 5.74) is -0.805. The molecule has 3 unspecified atom stereocenters. The van der Waals surface area contributed by atoms with Crippen LogP contribution in [0.3, 0.4) is 0 Å². The molecule has 0 heterocycles. The largest absolute Gasteiger partial charge is 0.465 e. The van der Waals surface area contributed by atoms with Gasteiger partial charge in [-0.05, 0) is 13.0 Å². The Kier molecular flexibility index (Phi) is 5.12. The lowest BCUT2D eigenvalue weighted by atomic mass is 9.98. The second-order valence-electron chi connectivity index (χ2n) is 4.96. The molecule has 2 rings (SSSR count). The molecular weight excluding hydrogens is 318 g/mol. The zero-order valence-electron chi connectivity index (χ0n) is 12.1. The second kappa shape index (κ2) is 6.89. The molecule has 0 saturated heterocycles. The minimum atomic E-state index is -1.65. The van der Waals surface area contributed by atoms with Crippen LogP contribution < -0.4 is 0 Å². The number of benzene rings is 1. The van der Waals surface area contributed by atoms with Gasteiger partial charge in [0.1, 0.15) is 12.0 Å². The van der Waals surface area contributed by atoms with Crippen molar-refractivity contribution in [3.63, 3.8) is 0 Å². The summed E-state index contributed by atoms with van der Waals surface area (Å²) >= 11 is 0. The molecule has 4 nitrogen and oxygen atoms in total. The first-order chi connectivity index (χ1) is 10.8. The smallest absolute Gasteiger partial charge is 0.322 e. The van der Waals surface area contributed by atoms with E-state index in [0.29, 0.717) is 6.07 Å². The van der Waals surface area contributed by atoms with Crippen LogP contribution in [-0.2, 0) is 9.53 Å². The Bertz CT molecular complexity index is 662. The minimum Gasteiger partial charge on any atom is -0.465 e. The Morgan fingerprint density at radius 3 is 2.48 bits per heavy atom. The summed E-state index contributed by atoms with van der Waals surface area (Å²) in [5, 5.41) is 0. The Morgan fingerprint density at radius 2 is 1.91 bits per heavy atom. The molecule has 0 spiro atoms. The lowest BCUT2D eigenvalue weighted by Gasteiger charge is -2.11. The van der Waals surface area contributed by atoms with Gasteiger partial charge in [-0.2, -0.15) is 0 Å². The first kappa shape index (κ1) is 17.1. The molecule has 1 fully saturated rings. The fraction of sp³-hybridized carbons (Fsp3) is 0.400. The number of alkyl halides is 1. The number of hydrogen-bond acceptors (Lipinski definition) is 4. The summed E-state index contributed by atoms with van der Waals surface area (Å²) < 4.78 is 57.3. The number of ether oxygens (including phenoxy) is 1. The molecular formula is C15H13F4NO3. The quantitative estimate of drug-likeness (QED) is 0.201. The predicted molar refractivity (Wildman–Crippen MR) is 72.6 cm³/mol. The molecule has 0 aromatic heterocycles. The van der Waals surface area contributed by atoms with Gasteiger partial charge in [0.05, 0.1) is 18.2 Å². The highest BCUT2D eigenvalue weighted by atomic mass is 19.2. The van der Waals surface area contributed by atoms with Crippen molar-refractivity contribution in [1.29, 1.82) is 0 Å². The van der Waals surface area contributed by atoms with Crippen molar-refractivity contribution in [2.45, 2.75) is 25.6 Å². The number of halogens is 4. The van der Waals surface area contributed by atoms with Gasteiger partial charge >= 0.3 is 5.97 Å². The molecule has 23 heavy (non-hydrogen) atoms. The van der Waals surface area contributed by atoms with E-state index in [1.165, 1.54) is 6.92 Å². The van der Waals surface area contributed by atoms with Crippen molar-refractivity contribution < 1.29 is 31.9 Å². The molecule has 1 aromatic rings. The average Bonchev–Trinajstić information content (AvgIpc) is 3.19. The number of carbonyl (C=O) groups is 2. The first-order valence-electron chi connectivity index (χ1n) is 6.87. The third kappa shape index (κ3) is 3.94.